The molecular formula is C21H19F3N6S. The van der Waals surface area contributed by atoms with Gasteiger partial charge >= 0.3 is 6.18 Å². The average Bonchev–Trinajstić information content (AvgIpc) is 3.31. The summed E-state index contributed by atoms with van der Waals surface area (Å²) in [4.78, 5) is 15.9. The second-order valence-electron chi connectivity index (χ2n) is 8.39. The molecule has 0 bridgehead atoms. The lowest BCUT2D eigenvalue weighted by Gasteiger charge is -2.45. The van der Waals surface area contributed by atoms with Crippen molar-refractivity contribution in [2.75, 3.05) is 23.3 Å². The maximum atomic E-state index is 12.8. The van der Waals surface area contributed by atoms with Gasteiger partial charge in [0, 0.05) is 30.2 Å². The molecule has 1 spiro atoms. The van der Waals surface area contributed by atoms with Crippen LogP contribution in [0.2, 0.25) is 0 Å². The van der Waals surface area contributed by atoms with Gasteiger partial charge in [0.1, 0.15) is 28.9 Å². The minimum atomic E-state index is -4.23. The highest BCUT2D eigenvalue weighted by Crippen LogP contribution is 2.50. The van der Waals surface area contributed by atoms with E-state index in [1.807, 2.05) is 6.07 Å². The molecule has 10 heteroatoms. The Hall–Kier alpha value is -2.93. The van der Waals surface area contributed by atoms with Crippen LogP contribution in [-0.4, -0.2) is 40.3 Å². The highest BCUT2D eigenvalue weighted by atomic mass is 32.1. The number of nitrogens with one attached hydrogen (secondary N) is 1. The molecule has 3 aromatic heterocycles. The minimum Gasteiger partial charge on any atom is -0.367 e. The normalized spacial score (nSPS) is 23.2. The second kappa shape index (κ2) is 7.34. The predicted octanol–water partition coefficient (Wildman–Crippen LogP) is 4.53. The van der Waals surface area contributed by atoms with Crippen LogP contribution in [-0.2, 0) is 6.42 Å². The number of hydrogen-bond acceptors (Lipinski definition) is 7. The van der Waals surface area contributed by atoms with E-state index in [0.717, 1.165) is 55.3 Å². The van der Waals surface area contributed by atoms with E-state index in [1.54, 1.807) is 18.3 Å². The van der Waals surface area contributed by atoms with Crippen LogP contribution in [0, 0.1) is 16.7 Å². The lowest BCUT2D eigenvalue weighted by Crippen LogP contribution is -2.47. The molecule has 6 nitrogen and oxygen atoms in total. The Kier molecular flexibility index (Phi) is 4.73. The predicted molar refractivity (Wildman–Crippen MR) is 112 cm³/mol. The largest absolute Gasteiger partial charge is 0.393 e. The van der Waals surface area contributed by atoms with Gasteiger partial charge in [0.2, 0.25) is 0 Å². The number of alkyl halides is 3. The summed E-state index contributed by atoms with van der Waals surface area (Å²) in [5.41, 5.74) is 0.719. The fraction of sp³-hybridized carbons (Fsp3) is 0.429. The molecule has 4 heterocycles. The molecule has 0 radical (unpaired) electrons. The number of thiophene rings is 1. The third-order valence-electron chi connectivity index (χ3n) is 6.08. The van der Waals surface area contributed by atoms with Crippen molar-refractivity contribution in [2.24, 2.45) is 5.41 Å². The van der Waals surface area contributed by atoms with Crippen LogP contribution in [0.3, 0.4) is 0 Å². The van der Waals surface area contributed by atoms with Crippen LogP contribution in [0.15, 0.2) is 30.7 Å². The monoisotopic (exact) mass is 444 g/mol. The molecule has 1 saturated heterocycles. The molecule has 1 aliphatic heterocycles. The van der Waals surface area contributed by atoms with E-state index in [0.29, 0.717) is 21.8 Å². The molecule has 2 aliphatic rings. The molecule has 31 heavy (non-hydrogen) atoms. The van der Waals surface area contributed by atoms with Crippen molar-refractivity contribution in [3.05, 3.63) is 41.2 Å². The third-order valence-corrected chi connectivity index (χ3v) is 7.12. The highest BCUT2D eigenvalue weighted by Gasteiger charge is 2.49. The summed E-state index contributed by atoms with van der Waals surface area (Å²) in [6.45, 7) is 1.67. The molecule has 0 atom stereocenters. The summed E-state index contributed by atoms with van der Waals surface area (Å²) in [6.07, 6.45) is 0.861. The van der Waals surface area contributed by atoms with Crippen molar-refractivity contribution in [1.29, 1.82) is 5.26 Å². The molecule has 1 saturated carbocycles. The van der Waals surface area contributed by atoms with Crippen molar-refractivity contribution >= 4 is 33.2 Å². The molecule has 3 aromatic rings. The van der Waals surface area contributed by atoms with Gasteiger partial charge in [0.25, 0.3) is 0 Å². The third kappa shape index (κ3) is 4.02. The van der Waals surface area contributed by atoms with E-state index in [-0.39, 0.29) is 10.3 Å². The second-order valence-corrected chi connectivity index (χ2v) is 9.50. The Morgan fingerprint density at radius 1 is 1.26 bits per heavy atom. The van der Waals surface area contributed by atoms with Gasteiger partial charge in [0.05, 0.1) is 17.4 Å². The average molecular weight is 444 g/mol. The Morgan fingerprint density at radius 3 is 2.81 bits per heavy atom. The first-order chi connectivity index (χ1) is 14.8. The number of pyridine rings is 1. The van der Waals surface area contributed by atoms with Gasteiger partial charge in [0.15, 0.2) is 0 Å². The lowest BCUT2D eigenvalue weighted by atomic mass is 9.65. The molecule has 0 amide bonds. The molecule has 160 valence electrons. The van der Waals surface area contributed by atoms with Gasteiger partial charge in [-0.15, -0.1) is 11.3 Å². The van der Waals surface area contributed by atoms with Crippen molar-refractivity contribution in [3.8, 4) is 6.07 Å². The maximum Gasteiger partial charge on any atom is 0.393 e. The van der Waals surface area contributed by atoms with Gasteiger partial charge in [-0.3, -0.25) is 0 Å². The number of anilines is 2. The Balaban J connectivity index is 1.26. The van der Waals surface area contributed by atoms with Crippen LogP contribution < -0.4 is 10.2 Å². The van der Waals surface area contributed by atoms with Crippen LogP contribution >= 0.6 is 11.3 Å². The number of hydrogen-bond donors (Lipinski definition) is 1. The highest BCUT2D eigenvalue weighted by molar-refractivity contribution is 7.18. The fourth-order valence-electron chi connectivity index (χ4n) is 4.72. The summed E-state index contributed by atoms with van der Waals surface area (Å²) in [5, 5.41) is 13.0. The van der Waals surface area contributed by atoms with Crippen LogP contribution in [0.25, 0.3) is 10.2 Å². The first kappa shape index (κ1) is 20.0. The summed E-state index contributed by atoms with van der Waals surface area (Å²) < 4.78 is 38.4. The molecule has 0 unspecified atom stereocenters. The summed E-state index contributed by atoms with van der Waals surface area (Å²) in [6, 6.07) is 7.54. The van der Waals surface area contributed by atoms with Crippen LogP contribution in [0.5, 0.6) is 0 Å². The number of nitriles is 1. The number of nitrogens with zero attached hydrogens (tertiary/aromatic N) is 5. The standard InChI is InChI=1S/C21H19F3N6S/c22-21(23,24)8-15-5-16-18(27-12-28-19(16)31-15)30-4-3-20(11-30)6-14(7-20)29-17-2-1-13(9-25)10-26-17/h1-2,5,10,12,14H,3-4,6-8,11H2,(H,26,29). The molecule has 1 aliphatic carbocycles. The van der Waals surface area contributed by atoms with Crippen LogP contribution in [0.1, 0.15) is 29.7 Å². The van der Waals surface area contributed by atoms with Crippen molar-refractivity contribution in [2.45, 2.75) is 37.9 Å². The molecule has 2 fully saturated rings. The Bertz CT molecular complexity index is 1140. The Labute approximate surface area is 180 Å². The van der Waals surface area contributed by atoms with Crippen molar-refractivity contribution in [3.63, 3.8) is 0 Å². The molecule has 0 aromatic carbocycles. The summed E-state index contributed by atoms with van der Waals surface area (Å²) in [7, 11) is 0. The quantitative estimate of drug-likeness (QED) is 0.637. The van der Waals surface area contributed by atoms with Crippen molar-refractivity contribution < 1.29 is 13.2 Å². The van der Waals surface area contributed by atoms with Crippen LogP contribution in [0.4, 0.5) is 24.8 Å². The van der Waals surface area contributed by atoms with Gasteiger partial charge in [-0.05, 0) is 42.9 Å². The van der Waals surface area contributed by atoms with Gasteiger partial charge < -0.3 is 10.2 Å². The van der Waals surface area contributed by atoms with E-state index in [4.69, 9.17) is 5.26 Å². The SMILES string of the molecule is N#Cc1ccc(NC2CC3(CCN(c4ncnc5sc(CC(F)(F)F)cc45)C3)C2)nc1. The molecular weight excluding hydrogens is 425 g/mol. The first-order valence-electron chi connectivity index (χ1n) is 10.0. The summed E-state index contributed by atoms with van der Waals surface area (Å²) in [5.74, 6) is 1.50. The van der Waals surface area contributed by atoms with E-state index >= 15 is 0 Å². The topological polar surface area (TPSA) is 77.7 Å². The van der Waals surface area contributed by atoms with E-state index in [1.165, 1.54) is 6.33 Å². The van der Waals surface area contributed by atoms with Gasteiger partial charge in [-0.1, -0.05) is 0 Å². The molecule has 5 rings (SSSR count). The number of aromatic nitrogens is 3. The van der Waals surface area contributed by atoms with E-state index in [2.05, 4.69) is 31.2 Å². The number of halogens is 3. The van der Waals surface area contributed by atoms with E-state index in [9.17, 15) is 13.2 Å². The fourth-order valence-corrected chi connectivity index (χ4v) is 5.74. The van der Waals surface area contributed by atoms with Gasteiger partial charge in [-0.2, -0.15) is 18.4 Å². The zero-order valence-corrected chi connectivity index (χ0v) is 17.3. The number of fused-ring (bicyclic) bond motifs is 1. The number of rotatable bonds is 4. The lowest BCUT2D eigenvalue weighted by molar-refractivity contribution is -0.126. The maximum absolute atomic E-state index is 12.8. The summed E-state index contributed by atoms with van der Waals surface area (Å²) >= 11 is 1.09. The first-order valence-corrected chi connectivity index (χ1v) is 10.8. The van der Waals surface area contributed by atoms with Gasteiger partial charge in [-0.25, -0.2) is 15.0 Å². The van der Waals surface area contributed by atoms with Crippen molar-refractivity contribution in [1.82, 2.24) is 15.0 Å². The zero-order chi connectivity index (χ0) is 21.6. The zero-order valence-electron chi connectivity index (χ0n) is 16.5. The minimum absolute atomic E-state index is 0.187. The molecule has 1 N–H and O–H groups in total. The smallest absolute Gasteiger partial charge is 0.367 e. The Morgan fingerprint density at radius 2 is 2.10 bits per heavy atom. The van der Waals surface area contributed by atoms with E-state index < -0.39 is 12.6 Å².